The number of nitrogens with zero attached hydrogens (tertiary/aromatic N) is 2. The van der Waals surface area contributed by atoms with Gasteiger partial charge in [-0.2, -0.15) is 5.10 Å². The van der Waals surface area contributed by atoms with Gasteiger partial charge in [-0.15, -0.1) is 0 Å². The van der Waals surface area contributed by atoms with Gasteiger partial charge in [0.15, 0.2) is 0 Å². The Hall–Kier alpha value is -1.50. The highest BCUT2D eigenvalue weighted by Gasteiger charge is 2.04. The summed E-state index contributed by atoms with van der Waals surface area (Å²) in [5.41, 5.74) is 0.962. The van der Waals surface area contributed by atoms with Crippen molar-refractivity contribution < 1.29 is 4.74 Å². The third-order valence-electron chi connectivity index (χ3n) is 1.38. The molecule has 4 heteroatoms. The van der Waals surface area contributed by atoms with Crippen LogP contribution in [0.2, 0.25) is 0 Å². The van der Waals surface area contributed by atoms with Gasteiger partial charge in [0.1, 0.15) is 0 Å². The smallest absolute Gasteiger partial charge is 0.218 e. The molecule has 0 saturated carbocycles. The van der Waals surface area contributed by atoms with Crippen molar-refractivity contribution in [3.05, 3.63) is 23.2 Å². The highest BCUT2D eigenvalue weighted by Crippen LogP contribution is 2.12. The Morgan fingerprint density at radius 1 is 1.82 bits per heavy atom. The summed E-state index contributed by atoms with van der Waals surface area (Å²) in [6.45, 7) is 7.07. The van der Waals surface area contributed by atoms with E-state index in [4.69, 9.17) is 11.3 Å². The number of methoxy groups -OCH3 is 1. The lowest BCUT2D eigenvalue weighted by atomic mass is 10.2. The Morgan fingerprint density at radius 2 is 2.64 bits per heavy atom. The second kappa shape index (κ2) is 3.62. The minimum Gasteiger partial charge on any atom is -0.481 e. The number of ether oxygens (including phenoxy) is 1. The van der Waals surface area contributed by atoms with Crippen LogP contribution in [-0.4, -0.2) is 23.9 Å². The first-order chi connectivity index (χ1) is 5.38. The van der Waals surface area contributed by atoms with Crippen LogP contribution >= 0.6 is 0 Å². The van der Waals surface area contributed by atoms with Gasteiger partial charge in [-0.05, 0) is 0 Å². The Bertz CT molecular complexity index is 261. The molecule has 0 atom stereocenters. The number of nitrogens with one attached hydrogen (secondary N) is 1. The van der Waals surface area contributed by atoms with E-state index in [-0.39, 0.29) is 0 Å². The third kappa shape index (κ3) is 1.71. The average molecular weight is 151 g/mol. The SMILES string of the molecule is [C-]#[N+]CCc1cn[nH]c1OC. The van der Waals surface area contributed by atoms with Gasteiger partial charge in [0.2, 0.25) is 12.4 Å². The van der Waals surface area contributed by atoms with E-state index in [1.807, 2.05) is 0 Å². The van der Waals surface area contributed by atoms with E-state index in [1.165, 1.54) is 0 Å². The van der Waals surface area contributed by atoms with Crippen molar-refractivity contribution in [3.8, 4) is 5.88 Å². The van der Waals surface area contributed by atoms with Crippen molar-refractivity contribution in [3.63, 3.8) is 0 Å². The van der Waals surface area contributed by atoms with Gasteiger partial charge in [-0.3, -0.25) is 0 Å². The number of hydrogen-bond donors (Lipinski definition) is 1. The van der Waals surface area contributed by atoms with Gasteiger partial charge in [-0.25, -0.2) is 11.7 Å². The summed E-state index contributed by atoms with van der Waals surface area (Å²) in [5, 5.41) is 6.48. The van der Waals surface area contributed by atoms with Crippen LogP contribution in [0.3, 0.4) is 0 Å². The molecule has 0 aliphatic heterocycles. The largest absolute Gasteiger partial charge is 0.481 e. The lowest BCUT2D eigenvalue weighted by molar-refractivity contribution is 0.393. The summed E-state index contributed by atoms with van der Waals surface area (Å²) in [7, 11) is 1.58. The van der Waals surface area contributed by atoms with Crippen LogP contribution < -0.4 is 4.74 Å². The molecule has 0 bridgehead atoms. The maximum Gasteiger partial charge on any atom is 0.218 e. The first-order valence-electron chi connectivity index (χ1n) is 3.28. The van der Waals surface area contributed by atoms with Crippen molar-refractivity contribution in [2.45, 2.75) is 6.42 Å². The molecule has 1 aromatic rings. The van der Waals surface area contributed by atoms with E-state index in [1.54, 1.807) is 13.3 Å². The average Bonchev–Trinajstić information content (AvgIpc) is 2.47. The van der Waals surface area contributed by atoms with Gasteiger partial charge in [0.05, 0.1) is 19.7 Å². The highest BCUT2D eigenvalue weighted by atomic mass is 16.5. The summed E-state index contributed by atoms with van der Waals surface area (Å²) < 4.78 is 4.96. The minimum atomic E-state index is 0.482. The molecular formula is C7H9N3O. The summed E-state index contributed by atoms with van der Waals surface area (Å²) in [4.78, 5) is 3.24. The molecule has 0 aliphatic carbocycles. The molecule has 0 unspecified atom stereocenters. The molecule has 0 spiro atoms. The molecule has 11 heavy (non-hydrogen) atoms. The van der Waals surface area contributed by atoms with Gasteiger partial charge in [0, 0.05) is 5.56 Å². The molecule has 0 aromatic carbocycles. The van der Waals surface area contributed by atoms with Crippen molar-refractivity contribution in [1.29, 1.82) is 0 Å². The zero-order valence-electron chi connectivity index (χ0n) is 6.29. The van der Waals surface area contributed by atoms with Crippen LogP contribution in [0, 0.1) is 6.57 Å². The van der Waals surface area contributed by atoms with Gasteiger partial charge in [-0.1, -0.05) is 0 Å². The second-order valence-corrected chi connectivity index (χ2v) is 2.06. The van der Waals surface area contributed by atoms with E-state index in [0.29, 0.717) is 18.8 Å². The third-order valence-corrected chi connectivity index (χ3v) is 1.38. The Balaban J connectivity index is 2.62. The molecular weight excluding hydrogens is 142 g/mol. The summed E-state index contributed by atoms with van der Waals surface area (Å²) in [5.74, 6) is 0.661. The number of aromatic amines is 1. The predicted molar refractivity (Wildman–Crippen MR) is 40.3 cm³/mol. The molecule has 0 radical (unpaired) electrons. The number of H-pyrrole nitrogens is 1. The first-order valence-corrected chi connectivity index (χ1v) is 3.28. The predicted octanol–water partition coefficient (Wildman–Crippen LogP) is 0.880. The molecule has 1 rings (SSSR count). The quantitative estimate of drug-likeness (QED) is 0.651. The fourth-order valence-corrected chi connectivity index (χ4v) is 0.830. The van der Waals surface area contributed by atoms with Crippen molar-refractivity contribution in [2.75, 3.05) is 13.7 Å². The van der Waals surface area contributed by atoms with E-state index in [2.05, 4.69) is 15.0 Å². The van der Waals surface area contributed by atoms with Gasteiger partial charge >= 0.3 is 0 Å². The molecule has 0 amide bonds. The van der Waals surface area contributed by atoms with Crippen LogP contribution in [0.4, 0.5) is 0 Å². The summed E-state index contributed by atoms with van der Waals surface area (Å²) >= 11 is 0. The van der Waals surface area contributed by atoms with Crippen LogP contribution in [0.15, 0.2) is 6.20 Å². The number of rotatable bonds is 3. The second-order valence-electron chi connectivity index (χ2n) is 2.06. The zero-order valence-corrected chi connectivity index (χ0v) is 6.29. The zero-order chi connectivity index (χ0) is 8.10. The van der Waals surface area contributed by atoms with E-state index in [0.717, 1.165) is 5.56 Å². The molecule has 58 valence electrons. The van der Waals surface area contributed by atoms with Crippen LogP contribution in [-0.2, 0) is 6.42 Å². The van der Waals surface area contributed by atoms with Crippen molar-refractivity contribution >= 4 is 0 Å². The van der Waals surface area contributed by atoms with E-state index in [9.17, 15) is 0 Å². The highest BCUT2D eigenvalue weighted by molar-refractivity contribution is 5.22. The lowest BCUT2D eigenvalue weighted by Gasteiger charge is -1.95. The lowest BCUT2D eigenvalue weighted by Crippen LogP contribution is -1.90. The van der Waals surface area contributed by atoms with Crippen molar-refractivity contribution in [2.24, 2.45) is 0 Å². The summed E-state index contributed by atoms with van der Waals surface area (Å²) in [6.07, 6.45) is 2.38. The maximum atomic E-state index is 6.59. The fraction of sp³-hybridized carbons (Fsp3) is 0.429. The molecule has 1 aromatic heterocycles. The Morgan fingerprint density at radius 3 is 3.27 bits per heavy atom. The molecule has 4 nitrogen and oxygen atoms in total. The van der Waals surface area contributed by atoms with Crippen LogP contribution in [0.5, 0.6) is 5.88 Å². The topological polar surface area (TPSA) is 42.3 Å². The maximum absolute atomic E-state index is 6.59. The number of hydrogen-bond acceptors (Lipinski definition) is 2. The minimum absolute atomic E-state index is 0.482. The first kappa shape index (κ1) is 7.61. The Labute approximate surface area is 65.0 Å². The van der Waals surface area contributed by atoms with Gasteiger partial charge < -0.3 is 9.58 Å². The number of aromatic nitrogens is 2. The van der Waals surface area contributed by atoms with Crippen LogP contribution in [0.1, 0.15) is 5.56 Å². The molecule has 0 saturated heterocycles. The molecule has 0 aliphatic rings. The standard InChI is InChI=1S/C7H9N3O/c1-8-4-3-6-5-9-10-7(6)11-2/h5H,3-4H2,2H3,(H,9,10). The fourth-order valence-electron chi connectivity index (χ4n) is 0.830. The summed E-state index contributed by atoms with van der Waals surface area (Å²) in [6, 6.07) is 0. The normalized spacial score (nSPS) is 9.09. The molecule has 1 heterocycles. The van der Waals surface area contributed by atoms with E-state index < -0.39 is 0 Å². The Kier molecular flexibility index (Phi) is 2.50. The van der Waals surface area contributed by atoms with E-state index >= 15 is 0 Å². The van der Waals surface area contributed by atoms with Gasteiger partial charge in [0.25, 0.3) is 0 Å². The monoisotopic (exact) mass is 151 g/mol. The van der Waals surface area contributed by atoms with Crippen LogP contribution in [0.25, 0.3) is 4.85 Å². The molecule has 1 N–H and O–H groups in total. The van der Waals surface area contributed by atoms with Crippen molar-refractivity contribution in [1.82, 2.24) is 10.2 Å². The molecule has 0 fully saturated rings.